The van der Waals surface area contributed by atoms with Gasteiger partial charge in [0.05, 0.1) is 0 Å². The van der Waals surface area contributed by atoms with E-state index in [0.29, 0.717) is 6.54 Å². The minimum absolute atomic E-state index is 0.0166. The average Bonchev–Trinajstić information content (AvgIpc) is 2.24. The van der Waals surface area contributed by atoms with Crippen LogP contribution in [0.25, 0.3) is 0 Å². The van der Waals surface area contributed by atoms with Gasteiger partial charge in [0.25, 0.3) is 0 Å². The Labute approximate surface area is 95.2 Å². The van der Waals surface area contributed by atoms with Crippen LogP contribution in [-0.2, 0) is 4.79 Å². The zero-order valence-electron chi connectivity index (χ0n) is 9.77. The second-order valence-corrected chi connectivity index (χ2v) is 3.63. The van der Waals surface area contributed by atoms with Crippen molar-refractivity contribution in [2.45, 2.75) is 32.2 Å². The van der Waals surface area contributed by atoms with Gasteiger partial charge in [-0.1, -0.05) is 13.3 Å². The molecule has 94 valence electrons. The summed E-state index contributed by atoms with van der Waals surface area (Å²) in [6.07, 6.45) is 1.86. The van der Waals surface area contributed by atoms with Crippen LogP contribution >= 0.6 is 0 Å². The molecular weight excluding hydrogens is 212 g/mol. The molecule has 1 atom stereocenters. The number of carboxylic acids is 1. The number of nitrogens with zero attached hydrogens (tertiary/aromatic N) is 1. The molecule has 0 bridgehead atoms. The SMILES string of the molecule is CCCCN(C)C(=O)N[C@H](CCO)C(=O)O. The number of hydrogen-bond acceptors (Lipinski definition) is 3. The van der Waals surface area contributed by atoms with Crippen molar-refractivity contribution in [3.63, 3.8) is 0 Å². The second-order valence-electron chi connectivity index (χ2n) is 3.63. The van der Waals surface area contributed by atoms with E-state index in [-0.39, 0.29) is 13.0 Å². The molecule has 0 radical (unpaired) electrons. The molecule has 0 aliphatic carbocycles. The summed E-state index contributed by atoms with van der Waals surface area (Å²) in [5.41, 5.74) is 0. The number of aliphatic hydroxyl groups is 1. The third kappa shape index (κ3) is 5.55. The van der Waals surface area contributed by atoms with Crippen LogP contribution < -0.4 is 5.32 Å². The Hall–Kier alpha value is -1.30. The van der Waals surface area contributed by atoms with E-state index in [1.807, 2.05) is 6.92 Å². The van der Waals surface area contributed by atoms with Crippen molar-refractivity contribution in [2.24, 2.45) is 0 Å². The van der Waals surface area contributed by atoms with Gasteiger partial charge in [0, 0.05) is 26.6 Å². The van der Waals surface area contributed by atoms with Gasteiger partial charge in [-0.05, 0) is 6.42 Å². The minimum Gasteiger partial charge on any atom is -0.480 e. The number of rotatable bonds is 7. The lowest BCUT2D eigenvalue weighted by Gasteiger charge is -2.20. The molecule has 6 heteroatoms. The minimum atomic E-state index is -1.13. The lowest BCUT2D eigenvalue weighted by molar-refractivity contribution is -0.139. The van der Waals surface area contributed by atoms with E-state index in [4.69, 9.17) is 10.2 Å². The first kappa shape index (κ1) is 14.7. The number of nitrogens with one attached hydrogen (secondary N) is 1. The molecule has 16 heavy (non-hydrogen) atoms. The molecule has 0 aromatic rings. The highest BCUT2D eigenvalue weighted by atomic mass is 16.4. The first-order chi connectivity index (χ1) is 7.52. The van der Waals surface area contributed by atoms with Crippen LogP contribution in [0.3, 0.4) is 0 Å². The molecular formula is C10H20N2O4. The van der Waals surface area contributed by atoms with E-state index in [1.54, 1.807) is 7.05 Å². The maximum absolute atomic E-state index is 11.5. The molecule has 6 nitrogen and oxygen atoms in total. The summed E-state index contributed by atoms with van der Waals surface area (Å²) < 4.78 is 0. The van der Waals surface area contributed by atoms with Crippen LogP contribution in [0.5, 0.6) is 0 Å². The molecule has 0 fully saturated rings. The number of aliphatic carboxylic acids is 1. The fourth-order valence-electron chi connectivity index (χ4n) is 1.14. The van der Waals surface area contributed by atoms with Crippen LogP contribution in [0, 0.1) is 0 Å². The Morgan fingerprint density at radius 2 is 2.06 bits per heavy atom. The number of aliphatic hydroxyl groups excluding tert-OH is 1. The van der Waals surface area contributed by atoms with Crippen LogP contribution in [0.2, 0.25) is 0 Å². The summed E-state index contributed by atoms with van der Waals surface area (Å²) in [4.78, 5) is 23.7. The van der Waals surface area contributed by atoms with Gasteiger partial charge >= 0.3 is 12.0 Å². The molecule has 0 saturated heterocycles. The summed E-state index contributed by atoms with van der Waals surface area (Å²) in [6, 6.07) is -1.45. The van der Waals surface area contributed by atoms with Gasteiger partial charge < -0.3 is 20.4 Å². The molecule has 0 aromatic heterocycles. The van der Waals surface area contributed by atoms with E-state index in [0.717, 1.165) is 12.8 Å². The highest BCUT2D eigenvalue weighted by Crippen LogP contribution is 1.96. The summed E-state index contributed by atoms with van der Waals surface area (Å²) in [5, 5.41) is 19.8. The Kier molecular flexibility index (Phi) is 7.28. The molecule has 2 amide bonds. The molecule has 0 aliphatic rings. The van der Waals surface area contributed by atoms with Gasteiger partial charge in [0.1, 0.15) is 6.04 Å². The Morgan fingerprint density at radius 1 is 1.44 bits per heavy atom. The lowest BCUT2D eigenvalue weighted by atomic mass is 10.2. The van der Waals surface area contributed by atoms with Crippen molar-refractivity contribution in [3.05, 3.63) is 0 Å². The maximum Gasteiger partial charge on any atom is 0.326 e. The Morgan fingerprint density at radius 3 is 2.50 bits per heavy atom. The molecule has 0 rings (SSSR count). The Bertz CT molecular complexity index is 233. The Balaban J connectivity index is 4.12. The van der Waals surface area contributed by atoms with E-state index < -0.39 is 18.0 Å². The number of unbranched alkanes of at least 4 members (excludes halogenated alkanes) is 1. The second kappa shape index (κ2) is 7.92. The molecule has 0 spiro atoms. The smallest absolute Gasteiger partial charge is 0.326 e. The van der Waals surface area contributed by atoms with Gasteiger partial charge in [0.15, 0.2) is 0 Å². The summed E-state index contributed by atoms with van der Waals surface area (Å²) in [6.45, 7) is 2.33. The lowest BCUT2D eigenvalue weighted by Crippen LogP contribution is -2.47. The predicted octanol–water partition coefficient (Wildman–Crippen LogP) is 0.263. The van der Waals surface area contributed by atoms with Crippen LogP contribution in [0.15, 0.2) is 0 Å². The first-order valence-corrected chi connectivity index (χ1v) is 5.38. The maximum atomic E-state index is 11.5. The molecule has 3 N–H and O–H groups in total. The highest BCUT2D eigenvalue weighted by Gasteiger charge is 2.20. The fourth-order valence-corrected chi connectivity index (χ4v) is 1.14. The predicted molar refractivity (Wildman–Crippen MR) is 59.2 cm³/mol. The third-order valence-corrected chi connectivity index (χ3v) is 2.21. The number of amides is 2. The number of carbonyl (C=O) groups is 2. The first-order valence-electron chi connectivity index (χ1n) is 5.38. The van der Waals surface area contributed by atoms with Crippen LogP contribution in [-0.4, -0.2) is 53.4 Å². The third-order valence-electron chi connectivity index (χ3n) is 2.21. The number of urea groups is 1. The molecule has 0 unspecified atom stereocenters. The number of hydrogen-bond donors (Lipinski definition) is 3. The highest BCUT2D eigenvalue weighted by molar-refractivity contribution is 5.82. The summed E-state index contributed by atoms with van der Waals surface area (Å²) in [5.74, 6) is -1.13. The largest absolute Gasteiger partial charge is 0.480 e. The molecule has 0 aromatic carbocycles. The van der Waals surface area contributed by atoms with E-state index in [9.17, 15) is 9.59 Å². The topological polar surface area (TPSA) is 89.9 Å². The van der Waals surface area contributed by atoms with Gasteiger partial charge in [-0.15, -0.1) is 0 Å². The van der Waals surface area contributed by atoms with Crippen LogP contribution in [0.1, 0.15) is 26.2 Å². The van der Waals surface area contributed by atoms with Gasteiger partial charge in [-0.2, -0.15) is 0 Å². The zero-order chi connectivity index (χ0) is 12.6. The van der Waals surface area contributed by atoms with Gasteiger partial charge in [0.2, 0.25) is 0 Å². The number of carboxylic acid groups (broad SMARTS) is 1. The van der Waals surface area contributed by atoms with Crippen molar-refractivity contribution in [3.8, 4) is 0 Å². The standard InChI is InChI=1S/C10H20N2O4/c1-3-4-6-12(2)10(16)11-8(5-7-13)9(14)15/h8,13H,3-7H2,1-2H3,(H,11,16)(H,14,15)/t8-/m1/s1. The van der Waals surface area contributed by atoms with Crippen LogP contribution in [0.4, 0.5) is 4.79 Å². The van der Waals surface area contributed by atoms with Crippen molar-refractivity contribution < 1.29 is 19.8 Å². The normalized spacial score (nSPS) is 11.9. The van der Waals surface area contributed by atoms with E-state index in [2.05, 4.69) is 5.32 Å². The van der Waals surface area contributed by atoms with Gasteiger partial charge in [-0.25, -0.2) is 9.59 Å². The molecule has 0 saturated carbocycles. The van der Waals surface area contributed by atoms with Gasteiger partial charge in [-0.3, -0.25) is 0 Å². The average molecular weight is 232 g/mol. The van der Waals surface area contributed by atoms with E-state index in [1.165, 1.54) is 4.90 Å². The van der Waals surface area contributed by atoms with Crippen molar-refractivity contribution in [1.82, 2.24) is 10.2 Å². The summed E-state index contributed by atoms with van der Waals surface area (Å²) in [7, 11) is 1.61. The van der Waals surface area contributed by atoms with Crippen molar-refractivity contribution in [2.75, 3.05) is 20.2 Å². The molecule has 0 heterocycles. The monoisotopic (exact) mass is 232 g/mol. The quantitative estimate of drug-likeness (QED) is 0.587. The van der Waals surface area contributed by atoms with E-state index >= 15 is 0 Å². The zero-order valence-corrected chi connectivity index (χ0v) is 9.77. The van der Waals surface area contributed by atoms with Crippen molar-refractivity contribution >= 4 is 12.0 Å². The van der Waals surface area contributed by atoms with Crippen molar-refractivity contribution in [1.29, 1.82) is 0 Å². The molecule has 0 aliphatic heterocycles. The number of carbonyl (C=O) groups excluding carboxylic acids is 1. The fraction of sp³-hybridized carbons (Fsp3) is 0.800. The summed E-state index contributed by atoms with van der Waals surface area (Å²) >= 11 is 0.